The van der Waals surface area contributed by atoms with Crippen molar-refractivity contribution in [3.8, 4) is 0 Å². The summed E-state index contributed by atoms with van der Waals surface area (Å²) in [6.45, 7) is 0. The molecule has 0 saturated heterocycles. The van der Waals surface area contributed by atoms with E-state index in [0.29, 0.717) is 15.3 Å². The molecule has 0 N–H and O–H groups in total. The van der Waals surface area contributed by atoms with Crippen LogP contribution in [0.15, 0.2) is 41.8 Å². The molecule has 0 radical (unpaired) electrons. The van der Waals surface area contributed by atoms with Crippen molar-refractivity contribution in [1.82, 2.24) is 0 Å². The number of hydrogen-bond donors (Lipinski definition) is 0. The fourth-order valence-corrected chi connectivity index (χ4v) is 4.63. The van der Waals surface area contributed by atoms with Crippen LogP contribution in [0.2, 0.25) is 5.02 Å². The highest BCUT2D eigenvalue weighted by Gasteiger charge is 2.34. The average Bonchev–Trinajstić information content (AvgIpc) is 3.21. The van der Waals surface area contributed by atoms with Crippen LogP contribution in [0.3, 0.4) is 0 Å². The van der Waals surface area contributed by atoms with Gasteiger partial charge in [0.05, 0.1) is 25.2 Å². The van der Waals surface area contributed by atoms with Crippen molar-refractivity contribution in [3.63, 3.8) is 0 Å². The van der Waals surface area contributed by atoms with Crippen molar-refractivity contribution in [2.24, 2.45) is 0 Å². The molecule has 6 heteroatoms. The Labute approximate surface area is 144 Å². The molecule has 4 rings (SSSR count). The summed E-state index contributed by atoms with van der Waals surface area (Å²) in [7, 11) is 0. The molecule has 0 unspecified atom stereocenters. The number of carbonyl (C=O) groups excluding carboxylic acids is 3. The third-order valence-electron chi connectivity index (χ3n) is 3.64. The normalized spacial score (nSPS) is 12.9. The number of halogens is 1. The quantitative estimate of drug-likeness (QED) is 0.497. The first-order chi connectivity index (χ1) is 11.1. The van der Waals surface area contributed by atoms with E-state index in [4.69, 9.17) is 11.6 Å². The second kappa shape index (κ2) is 5.23. The Morgan fingerprint density at radius 3 is 2.52 bits per heavy atom. The molecule has 1 aromatic carbocycles. The van der Waals surface area contributed by atoms with Gasteiger partial charge in [0.1, 0.15) is 0 Å². The van der Waals surface area contributed by atoms with Gasteiger partial charge in [-0.3, -0.25) is 14.4 Å². The van der Waals surface area contributed by atoms with Gasteiger partial charge in [0, 0.05) is 11.1 Å². The van der Waals surface area contributed by atoms with Gasteiger partial charge < -0.3 is 0 Å². The molecular formula is C17H7ClO3S2. The summed E-state index contributed by atoms with van der Waals surface area (Å²) in [6.07, 6.45) is 0. The standard InChI is InChI=1S/C17H7ClO3S2/c18-10-4-1-3-8-13(10)16(21)17-9(14(8)19)7-12(23-17)15(20)11-5-2-6-22-11/h1-7H. The van der Waals surface area contributed by atoms with Gasteiger partial charge in [-0.1, -0.05) is 29.8 Å². The Morgan fingerprint density at radius 1 is 0.957 bits per heavy atom. The molecule has 0 spiro atoms. The van der Waals surface area contributed by atoms with E-state index >= 15 is 0 Å². The molecule has 0 fully saturated rings. The van der Waals surface area contributed by atoms with Gasteiger partial charge in [0.25, 0.3) is 0 Å². The highest BCUT2D eigenvalue weighted by atomic mass is 35.5. The van der Waals surface area contributed by atoms with Crippen LogP contribution in [0.5, 0.6) is 0 Å². The molecule has 0 atom stereocenters. The smallest absolute Gasteiger partial charge is 0.212 e. The maximum atomic E-state index is 12.7. The first-order valence-electron chi connectivity index (χ1n) is 6.68. The molecule has 1 aliphatic carbocycles. The zero-order valence-corrected chi connectivity index (χ0v) is 13.8. The number of carbonyl (C=O) groups is 3. The van der Waals surface area contributed by atoms with Gasteiger partial charge in [0.2, 0.25) is 11.6 Å². The maximum Gasteiger partial charge on any atom is 0.212 e. The number of thiophene rings is 2. The third kappa shape index (κ3) is 2.12. The van der Waals surface area contributed by atoms with Crippen LogP contribution in [0.1, 0.15) is 45.7 Å². The van der Waals surface area contributed by atoms with Crippen LogP contribution in [0, 0.1) is 0 Å². The largest absolute Gasteiger partial charge is 0.289 e. The Balaban J connectivity index is 1.87. The second-order valence-corrected chi connectivity index (χ2v) is 7.39. The average molecular weight is 359 g/mol. The van der Waals surface area contributed by atoms with E-state index in [1.807, 2.05) is 5.38 Å². The van der Waals surface area contributed by atoms with Crippen molar-refractivity contribution in [2.45, 2.75) is 0 Å². The predicted octanol–water partition coefficient (Wildman–Crippen LogP) is 4.47. The van der Waals surface area contributed by atoms with E-state index in [-0.39, 0.29) is 38.4 Å². The van der Waals surface area contributed by atoms with Crippen molar-refractivity contribution in [3.05, 3.63) is 78.1 Å². The molecule has 3 aromatic rings. The minimum Gasteiger partial charge on any atom is -0.289 e. The van der Waals surface area contributed by atoms with E-state index < -0.39 is 0 Å². The molecule has 23 heavy (non-hydrogen) atoms. The zero-order chi connectivity index (χ0) is 16.1. The van der Waals surface area contributed by atoms with E-state index in [9.17, 15) is 14.4 Å². The topological polar surface area (TPSA) is 51.2 Å². The lowest BCUT2D eigenvalue weighted by Crippen LogP contribution is -2.18. The van der Waals surface area contributed by atoms with Crippen LogP contribution in [-0.2, 0) is 0 Å². The van der Waals surface area contributed by atoms with Crippen molar-refractivity contribution in [1.29, 1.82) is 0 Å². The van der Waals surface area contributed by atoms with Gasteiger partial charge >= 0.3 is 0 Å². The summed E-state index contributed by atoms with van der Waals surface area (Å²) >= 11 is 8.47. The SMILES string of the molecule is O=C(c1cccs1)c1cc2c(s1)C(=O)c1c(Cl)cccc1C2=O. The molecule has 1 aliphatic rings. The fourth-order valence-electron chi connectivity index (χ4n) is 2.57. The summed E-state index contributed by atoms with van der Waals surface area (Å²) in [5, 5.41) is 2.07. The van der Waals surface area contributed by atoms with E-state index in [1.165, 1.54) is 17.4 Å². The first-order valence-corrected chi connectivity index (χ1v) is 8.75. The van der Waals surface area contributed by atoms with Crippen molar-refractivity contribution in [2.75, 3.05) is 0 Å². The lowest BCUT2D eigenvalue weighted by Gasteiger charge is -2.14. The molecule has 3 nitrogen and oxygen atoms in total. The van der Waals surface area contributed by atoms with Gasteiger partial charge in [-0.25, -0.2) is 0 Å². The second-order valence-electron chi connectivity index (χ2n) is 4.98. The van der Waals surface area contributed by atoms with Crippen LogP contribution in [0.4, 0.5) is 0 Å². The minimum atomic E-state index is -0.296. The van der Waals surface area contributed by atoms with Crippen molar-refractivity contribution < 1.29 is 14.4 Å². The molecule has 0 aliphatic heterocycles. The monoisotopic (exact) mass is 358 g/mol. The highest BCUT2D eigenvalue weighted by molar-refractivity contribution is 7.18. The molecule has 112 valence electrons. The number of benzene rings is 1. The Kier molecular flexibility index (Phi) is 3.30. The summed E-state index contributed by atoms with van der Waals surface area (Å²) in [5.74, 6) is -0.732. The molecule has 0 saturated carbocycles. The predicted molar refractivity (Wildman–Crippen MR) is 90.4 cm³/mol. The number of hydrogen-bond acceptors (Lipinski definition) is 5. The highest BCUT2D eigenvalue weighted by Crippen LogP contribution is 2.37. The molecule has 0 amide bonds. The number of ketones is 3. The number of rotatable bonds is 2. The first kappa shape index (κ1) is 14.5. The van der Waals surface area contributed by atoms with Gasteiger partial charge in [-0.15, -0.1) is 22.7 Å². The Morgan fingerprint density at radius 2 is 1.78 bits per heavy atom. The number of fused-ring (bicyclic) bond motifs is 2. The summed E-state index contributed by atoms with van der Waals surface area (Å²) < 4.78 is 0. The van der Waals surface area contributed by atoms with E-state index in [0.717, 1.165) is 11.3 Å². The third-order valence-corrected chi connectivity index (χ3v) is 5.95. The molecular weight excluding hydrogens is 352 g/mol. The summed E-state index contributed by atoms with van der Waals surface area (Å²) in [4.78, 5) is 39.0. The van der Waals surface area contributed by atoms with Gasteiger partial charge in [-0.2, -0.15) is 0 Å². The van der Waals surface area contributed by atoms with Crippen molar-refractivity contribution >= 4 is 51.6 Å². The van der Waals surface area contributed by atoms with Crippen LogP contribution in [-0.4, -0.2) is 17.3 Å². The minimum absolute atomic E-state index is 0.171. The maximum absolute atomic E-state index is 12.7. The summed E-state index contributed by atoms with van der Waals surface area (Å²) in [6, 6.07) is 9.84. The van der Waals surface area contributed by atoms with E-state index in [1.54, 1.807) is 30.3 Å². The lowest BCUT2D eigenvalue weighted by molar-refractivity contribution is 0.0982. The zero-order valence-electron chi connectivity index (χ0n) is 11.5. The molecule has 0 bridgehead atoms. The van der Waals surface area contributed by atoms with E-state index in [2.05, 4.69) is 0 Å². The Hall–Kier alpha value is -2.08. The van der Waals surface area contributed by atoms with Crippen LogP contribution >= 0.6 is 34.3 Å². The van der Waals surface area contributed by atoms with Gasteiger partial charge in [-0.05, 0) is 23.6 Å². The lowest BCUT2D eigenvalue weighted by atomic mass is 9.89. The van der Waals surface area contributed by atoms with Crippen LogP contribution in [0.25, 0.3) is 0 Å². The summed E-state index contributed by atoms with van der Waals surface area (Å²) in [5.41, 5.74) is 0.807. The Bertz CT molecular complexity index is 983. The van der Waals surface area contributed by atoms with Crippen LogP contribution < -0.4 is 0 Å². The molecule has 2 heterocycles. The van der Waals surface area contributed by atoms with Gasteiger partial charge in [0.15, 0.2) is 5.78 Å². The fraction of sp³-hybridized carbons (Fsp3) is 0. The molecule has 2 aromatic heterocycles.